The first-order valence-electron chi connectivity index (χ1n) is 6.20. The van der Waals surface area contributed by atoms with Gasteiger partial charge < -0.3 is 16.2 Å². The number of piperidine rings is 1. The van der Waals surface area contributed by atoms with E-state index in [-0.39, 0.29) is 40.7 Å². The van der Waals surface area contributed by atoms with Crippen molar-refractivity contribution in [2.45, 2.75) is 18.9 Å². The molecule has 2 amide bonds. The molecule has 21 heavy (non-hydrogen) atoms. The SMILES string of the molecule is CN1C(=O)CCC(Nc2c(Cl)cc(N)cc2C(=O)O)C1=O. The van der Waals surface area contributed by atoms with E-state index in [0.717, 1.165) is 4.90 Å². The fraction of sp³-hybridized carbons (Fsp3) is 0.308. The Hall–Kier alpha value is -2.28. The van der Waals surface area contributed by atoms with E-state index >= 15 is 0 Å². The minimum atomic E-state index is -1.21. The van der Waals surface area contributed by atoms with Crippen molar-refractivity contribution in [3.8, 4) is 0 Å². The molecule has 1 aromatic rings. The Balaban J connectivity index is 2.34. The molecule has 7 nitrogen and oxygen atoms in total. The van der Waals surface area contributed by atoms with Crippen molar-refractivity contribution in [2.75, 3.05) is 18.1 Å². The molecule has 0 saturated carbocycles. The smallest absolute Gasteiger partial charge is 0.337 e. The zero-order chi connectivity index (χ0) is 15.7. The first-order chi connectivity index (χ1) is 9.81. The van der Waals surface area contributed by atoms with Gasteiger partial charge >= 0.3 is 5.97 Å². The Morgan fingerprint density at radius 2 is 2.14 bits per heavy atom. The number of aromatic carboxylic acids is 1. The summed E-state index contributed by atoms with van der Waals surface area (Å²) in [6.07, 6.45) is 0.483. The van der Waals surface area contributed by atoms with Crippen molar-refractivity contribution in [2.24, 2.45) is 0 Å². The van der Waals surface area contributed by atoms with E-state index in [1.54, 1.807) is 0 Å². The molecule has 1 fully saturated rings. The van der Waals surface area contributed by atoms with Crippen LogP contribution >= 0.6 is 11.6 Å². The average Bonchev–Trinajstić information content (AvgIpc) is 2.41. The lowest BCUT2D eigenvalue weighted by atomic mass is 10.0. The van der Waals surface area contributed by atoms with Gasteiger partial charge in [-0.25, -0.2) is 4.79 Å². The van der Waals surface area contributed by atoms with E-state index in [0.29, 0.717) is 0 Å². The number of imide groups is 1. The van der Waals surface area contributed by atoms with E-state index in [2.05, 4.69) is 5.32 Å². The van der Waals surface area contributed by atoms with Crippen molar-refractivity contribution in [3.63, 3.8) is 0 Å². The maximum absolute atomic E-state index is 12.0. The van der Waals surface area contributed by atoms with E-state index in [9.17, 15) is 19.5 Å². The van der Waals surface area contributed by atoms with Crippen molar-refractivity contribution in [1.29, 1.82) is 0 Å². The number of nitrogens with one attached hydrogen (secondary N) is 1. The molecule has 0 bridgehead atoms. The molecule has 1 atom stereocenters. The van der Waals surface area contributed by atoms with E-state index in [4.69, 9.17) is 17.3 Å². The van der Waals surface area contributed by atoms with Gasteiger partial charge in [0.1, 0.15) is 6.04 Å². The molecule has 1 aromatic carbocycles. The van der Waals surface area contributed by atoms with Gasteiger partial charge in [-0.3, -0.25) is 14.5 Å². The van der Waals surface area contributed by atoms with Gasteiger partial charge in [0, 0.05) is 19.2 Å². The van der Waals surface area contributed by atoms with Crippen LogP contribution in [0.5, 0.6) is 0 Å². The number of carboxylic acids is 1. The van der Waals surface area contributed by atoms with Crippen LogP contribution in [0.1, 0.15) is 23.2 Å². The van der Waals surface area contributed by atoms with Gasteiger partial charge in [0.2, 0.25) is 5.91 Å². The second-order valence-corrected chi connectivity index (χ2v) is 5.16. The third-order valence-corrected chi connectivity index (χ3v) is 3.61. The molecule has 2 rings (SSSR count). The van der Waals surface area contributed by atoms with Crippen LogP contribution in [0.4, 0.5) is 11.4 Å². The maximum Gasteiger partial charge on any atom is 0.337 e. The highest BCUT2D eigenvalue weighted by atomic mass is 35.5. The molecular weight excluding hydrogens is 298 g/mol. The molecule has 1 unspecified atom stereocenters. The summed E-state index contributed by atoms with van der Waals surface area (Å²) >= 11 is 6.01. The summed E-state index contributed by atoms with van der Waals surface area (Å²) in [7, 11) is 1.39. The van der Waals surface area contributed by atoms with Crippen LogP contribution in [0.2, 0.25) is 5.02 Å². The summed E-state index contributed by atoms with van der Waals surface area (Å²) in [5.74, 6) is -1.89. The number of hydrogen-bond donors (Lipinski definition) is 3. The van der Waals surface area contributed by atoms with Crippen LogP contribution in [0, 0.1) is 0 Å². The molecule has 112 valence electrons. The standard InChI is InChI=1S/C13H14ClN3O4/c1-17-10(18)3-2-9(12(17)19)16-11-7(13(20)21)4-6(15)5-8(11)14/h4-5,9,16H,2-3,15H2,1H3,(H,20,21). The highest BCUT2D eigenvalue weighted by molar-refractivity contribution is 6.34. The van der Waals surface area contributed by atoms with Crippen molar-refractivity contribution in [3.05, 3.63) is 22.7 Å². The Kier molecular flexibility index (Phi) is 4.04. The number of nitrogens with two attached hydrogens (primary N) is 1. The molecule has 0 aromatic heterocycles. The van der Waals surface area contributed by atoms with Crippen LogP contribution in [0.15, 0.2) is 12.1 Å². The highest BCUT2D eigenvalue weighted by Crippen LogP contribution is 2.31. The largest absolute Gasteiger partial charge is 0.478 e. The topological polar surface area (TPSA) is 113 Å². The van der Waals surface area contributed by atoms with Gasteiger partial charge in [0.25, 0.3) is 5.91 Å². The number of hydrogen-bond acceptors (Lipinski definition) is 5. The second-order valence-electron chi connectivity index (χ2n) is 4.76. The third-order valence-electron chi connectivity index (χ3n) is 3.31. The second kappa shape index (κ2) is 5.61. The molecule has 0 radical (unpaired) electrons. The number of carboxylic acid groups (broad SMARTS) is 1. The minimum absolute atomic E-state index is 0.111. The Bertz CT molecular complexity index is 632. The van der Waals surface area contributed by atoms with E-state index < -0.39 is 17.9 Å². The summed E-state index contributed by atoms with van der Waals surface area (Å²) in [5.41, 5.74) is 5.79. The minimum Gasteiger partial charge on any atom is -0.478 e. The number of nitrogens with zero attached hydrogens (tertiary/aromatic N) is 1. The quantitative estimate of drug-likeness (QED) is 0.570. The Morgan fingerprint density at radius 1 is 1.48 bits per heavy atom. The first kappa shape index (κ1) is 15.1. The molecule has 0 spiro atoms. The molecule has 1 saturated heterocycles. The fourth-order valence-corrected chi connectivity index (χ4v) is 2.45. The number of likely N-dealkylation sites (tertiary alicyclic amines) is 1. The Labute approximate surface area is 125 Å². The number of anilines is 2. The molecule has 0 aliphatic carbocycles. The van der Waals surface area contributed by atoms with Gasteiger partial charge in [-0.2, -0.15) is 0 Å². The molecule has 1 aliphatic rings. The van der Waals surface area contributed by atoms with Gasteiger partial charge in [0.05, 0.1) is 16.3 Å². The van der Waals surface area contributed by atoms with Crippen LogP contribution in [-0.2, 0) is 9.59 Å². The lowest BCUT2D eigenvalue weighted by Crippen LogP contribution is -2.48. The van der Waals surface area contributed by atoms with Gasteiger partial charge in [0.15, 0.2) is 0 Å². The molecule has 1 heterocycles. The summed E-state index contributed by atoms with van der Waals surface area (Å²) in [6.45, 7) is 0. The number of rotatable bonds is 3. The molecule has 4 N–H and O–H groups in total. The lowest BCUT2D eigenvalue weighted by Gasteiger charge is -2.29. The van der Waals surface area contributed by atoms with Crippen LogP contribution < -0.4 is 11.1 Å². The number of carbonyl (C=O) groups is 3. The summed E-state index contributed by atoms with van der Waals surface area (Å²) in [6, 6.07) is 1.96. The number of amides is 2. The van der Waals surface area contributed by atoms with Crippen molar-refractivity contribution in [1.82, 2.24) is 4.90 Å². The fourth-order valence-electron chi connectivity index (χ4n) is 2.17. The summed E-state index contributed by atoms with van der Waals surface area (Å²) < 4.78 is 0. The zero-order valence-corrected chi connectivity index (χ0v) is 12.0. The van der Waals surface area contributed by atoms with Crippen molar-refractivity contribution < 1.29 is 19.5 Å². The van der Waals surface area contributed by atoms with Crippen LogP contribution in [0.3, 0.4) is 0 Å². The predicted molar refractivity (Wildman–Crippen MR) is 77.2 cm³/mol. The van der Waals surface area contributed by atoms with E-state index in [1.165, 1.54) is 19.2 Å². The zero-order valence-electron chi connectivity index (χ0n) is 11.2. The number of carbonyl (C=O) groups excluding carboxylic acids is 2. The van der Waals surface area contributed by atoms with Gasteiger partial charge in [-0.05, 0) is 18.6 Å². The highest BCUT2D eigenvalue weighted by Gasteiger charge is 2.32. The summed E-state index contributed by atoms with van der Waals surface area (Å²) in [5, 5.41) is 12.1. The number of halogens is 1. The van der Waals surface area contributed by atoms with Crippen LogP contribution in [-0.4, -0.2) is 40.9 Å². The maximum atomic E-state index is 12.0. The lowest BCUT2D eigenvalue weighted by molar-refractivity contribution is -0.146. The number of likely N-dealkylation sites (N-methyl/N-ethyl adjacent to an activating group) is 1. The normalized spacial score (nSPS) is 18.8. The number of benzene rings is 1. The Morgan fingerprint density at radius 3 is 2.76 bits per heavy atom. The first-order valence-corrected chi connectivity index (χ1v) is 6.58. The predicted octanol–water partition coefficient (Wildman–Crippen LogP) is 1.18. The average molecular weight is 312 g/mol. The molecule has 1 aliphatic heterocycles. The van der Waals surface area contributed by atoms with E-state index in [1.807, 2.05) is 0 Å². The van der Waals surface area contributed by atoms with Crippen molar-refractivity contribution >= 4 is 40.8 Å². The van der Waals surface area contributed by atoms with Gasteiger partial charge in [-0.1, -0.05) is 11.6 Å². The summed E-state index contributed by atoms with van der Waals surface area (Å²) in [4.78, 5) is 35.7. The number of nitrogen functional groups attached to an aromatic ring is 1. The van der Waals surface area contributed by atoms with Gasteiger partial charge in [-0.15, -0.1) is 0 Å². The monoisotopic (exact) mass is 311 g/mol. The third kappa shape index (κ3) is 2.92. The van der Waals surface area contributed by atoms with Crippen LogP contribution in [0.25, 0.3) is 0 Å². The molecule has 8 heteroatoms. The molecular formula is C13H14ClN3O4.